The first-order valence-corrected chi connectivity index (χ1v) is 6.92. The predicted molar refractivity (Wildman–Crippen MR) is 79.7 cm³/mol. The van der Waals surface area contributed by atoms with Crippen molar-refractivity contribution in [3.63, 3.8) is 0 Å². The fourth-order valence-electron chi connectivity index (χ4n) is 2.51. The van der Waals surface area contributed by atoms with Crippen LogP contribution in [0.5, 0.6) is 11.5 Å². The van der Waals surface area contributed by atoms with Gasteiger partial charge in [-0.15, -0.1) is 0 Å². The second kappa shape index (κ2) is 5.48. The molecule has 0 aliphatic heterocycles. The first-order valence-electron chi connectivity index (χ1n) is 6.92. The smallest absolute Gasteiger partial charge is 0.251 e. The number of hydrogen-bond donors (Lipinski definition) is 2. The van der Waals surface area contributed by atoms with Crippen LogP contribution in [0.4, 0.5) is 0 Å². The van der Waals surface area contributed by atoms with Crippen molar-refractivity contribution in [2.45, 2.75) is 18.4 Å². The van der Waals surface area contributed by atoms with Gasteiger partial charge in [-0.25, -0.2) is 0 Å². The van der Waals surface area contributed by atoms with Gasteiger partial charge in [-0.05, 0) is 30.2 Å². The zero-order valence-corrected chi connectivity index (χ0v) is 11.7. The van der Waals surface area contributed by atoms with Gasteiger partial charge in [0, 0.05) is 17.5 Å². The molecule has 4 nitrogen and oxygen atoms in total. The number of ether oxygens (including phenoxy) is 1. The van der Waals surface area contributed by atoms with Crippen molar-refractivity contribution in [2.75, 3.05) is 7.11 Å². The molecule has 1 saturated carbocycles. The van der Waals surface area contributed by atoms with Crippen LogP contribution in [0.15, 0.2) is 48.5 Å². The topological polar surface area (TPSA) is 58.6 Å². The van der Waals surface area contributed by atoms with E-state index in [-0.39, 0.29) is 17.7 Å². The summed E-state index contributed by atoms with van der Waals surface area (Å²) in [5, 5.41) is 12.7. The average Bonchev–Trinajstić information content (AvgIpc) is 3.27. The first kappa shape index (κ1) is 13.5. The van der Waals surface area contributed by atoms with Gasteiger partial charge in [0.05, 0.1) is 7.11 Å². The maximum atomic E-state index is 12.2. The number of methoxy groups -OCH3 is 1. The Labute approximate surface area is 123 Å². The molecule has 2 atom stereocenters. The lowest BCUT2D eigenvalue weighted by molar-refractivity contribution is 0.0950. The van der Waals surface area contributed by atoms with Crippen LogP contribution in [-0.2, 0) is 0 Å². The van der Waals surface area contributed by atoms with Crippen molar-refractivity contribution in [1.82, 2.24) is 5.32 Å². The number of amides is 1. The summed E-state index contributed by atoms with van der Waals surface area (Å²) in [7, 11) is 1.48. The fraction of sp³-hybridized carbons (Fsp3) is 0.235. The zero-order valence-electron chi connectivity index (χ0n) is 11.7. The van der Waals surface area contributed by atoms with E-state index < -0.39 is 0 Å². The van der Waals surface area contributed by atoms with Crippen LogP contribution < -0.4 is 10.1 Å². The number of carbonyl (C=O) groups is 1. The molecule has 0 aromatic heterocycles. The average molecular weight is 283 g/mol. The van der Waals surface area contributed by atoms with Crippen molar-refractivity contribution in [2.24, 2.45) is 0 Å². The summed E-state index contributed by atoms with van der Waals surface area (Å²) in [4.78, 5) is 12.2. The van der Waals surface area contributed by atoms with Crippen molar-refractivity contribution >= 4 is 5.91 Å². The lowest BCUT2D eigenvalue weighted by Gasteiger charge is -2.07. The van der Waals surface area contributed by atoms with Gasteiger partial charge in [-0.1, -0.05) is 30.3 Å². The fourth-order valence-corrected chi connectivity index (χ4v) is 2.51. The summed E-state index contributed by atoms with van der Waals surface area (Å²) in [6, 6.07) is 15.0. The molecule has 2 N–H and O–H groups in total. The van der Waals surface area contributed by atoms with E-state index in [0.717, 1.165) is 6.42 Å². The van der Waals surface area contributed by atoms with Gasteiger partial charge in [0.15, 0.2) is 11.5 Å². The third-order valence-corrected chi connectivity index (χ3v) is 3.78. The van der Waals surface area contributed by atoms with Gasteiger partial charge in [-0.2, -0.15) is 0 Å². The summed E-state index contributed by atoms with van der Waals surface area (Å²) >= 11 is 0. The van der Waals surface area contributed by atoms with Crippen LogP contribution in [0.25, 0.3) is 0 Å². The van der Waals surface area contributed by atoms with Crippen molar-refractivity contribution in [1.29, 1.82) is 0 Å². The Hall–Kier alpha value is -2.49. The molecule has 0 bridgehead atoms. The molecule has 0 heterocycles. The lowest BCUT2D eigenvalue weighted by Crippen LogP contribution is -2.26. The van der Waals surface area contributed by atoms with Crippen molar-refractivity contribution in [3.05, 3.63) is 59.7 Å². The Balaban J connectivity index is 1.64. The predicted octanol–water partition coefficient (Wildman–Crippen LogP) is 2.69. The Morgan fingerprint density at radius 1 is 1.24 bits per heavy atom. The highest BCUT2D eigenvalue weighted by molar-refractivity contribution is 5.95. The number of phenols is 1. The van der Waals surface area contributed by atoms with E-state index in [2.05, 4.69) is 17.4 Å². The number of hydrogen-bond acceptors (Lipinski definition) is 3. The molecule has 21 heavy (non-hydrogen) atoms. The number of aromatic hydroxyl groups is 1. The van der Waals surface area contributed by atoms with Crippen LogP contribution in [0.3, 0.4) is 0 Å². The minimum atomic E-state index is -0.170. The molecule has 0 spiro atoms. The van der Waals surface area contributed by atoms with E-state index in [9.17, 15) is 9.90 Å². The first-order chi connectivity index (χ1) is 10.2. The molecule has 1 fully saturated rings. The third kappa shape index (κ3) is 2.84. The zero-order chi connectivity index (χ0) is 14.8. The van der Waals surface area contributed by atoms with Gasteiger partial charge < -0.3 is 15.2 Å². The minimum Gasteiger partial charge on any atom is -0.504 e. The molecular formula is C17H17NO3. The highest BCUT2D eigenvalue weighted by Gasteiger charge is 2.39. The number of carbonyl (C=O) groups excluding carboxylic acids is 1. The van der Waals surface area contributed by atoms with E-state index in [1.54, 1.807) is 12.1 Å². The highest BCUT2D eigenvalue weighted by atomic mass is 16.5. The normalized spacial score (nSPS) is 19.9. The molecule has 2 aromatic carbocycles. The van der Waals surface area contributed by atoms with E-state index in [1.807, 2.05) is 18.2 Å². The number of rotatable bonds is 4. The molecule has 1 aliphatic carbocycles. The number of nitrogens with one attached hydrogen (secondary N) is 1. The molecule has 1 aliphatic rings. The molecule has 4 heteroatoms. The summed E-state index contributed by atoms with van der Waals surface area (Å²) in [6.07, 6.45) is 0.956. The Morgan fingerprint density at radius 3 is 2.67 bits per heavy atom. The van der Waals surface area contributed by atoms with Gasteiger partial charge in [0.2, 0.25) is 0 Å². The van der Waals surface area contributed by atoms with Crippen LogP contribution in [0.2, 0.25) is 0 Å². The second-order valence-electron chi connectivity index (χ2n) is 5.22. The van der Waals surface area contributed by atoms with Crippen molar-refractivity contribution in [3.8, 4) is 11.5 Å². The van der Waals surface area contributed by atoms with E-state index in [4.69, 9.17) is 4.74 Å². The van der Waals surface area contributed by atoms with Crippen molar-refractivity contribution < 1.29 is 14.6 Å². The monoisotopic (exact) mass is 283 g/mol. The molecule has 2 unspecified atom stereocenters. The Bertz CT molecular complexity index is 654. The largest absolute Gasteiger partial charge is 0.504 e. The summed E-state index contributed by atoms with van der Waals surface area (Å²) < 4.78 is 4.97. The number of phenolic OH excluding ortho intramolecular Hbond substituents is 1. The quantitative estimate of drug-likeness (QED) is 0.907. The van der Waals surface area contributed by atoms with Gasteiger partial charge in [0.1, 0.15) is 0 Å². The molecule has 2 aromatic rings. The molecular weight excluding hydrogens is 266 g/mol. The molecule has 108 valence electrons. The molecule has 3 rings (SSSR count). The van der Waals surface area contributed by atoms with Crippen LogP contribution >= 0.6 is 0 Å². The number of benzene rings is 2. The second-order valence-corrected chi connectivity index (χ2v) is 5.22. The highest BCUT2D eigenvalue weighted by Crippen LogP contribution is 2.40. The Kier molecular flexibility index (Phi) is 3.52. The summed E-state index contributed by atoms with van der Waals surface area (Å²) in [6.45, 7) is 0. The molecule has 1 amide bonds. The van der Waals surface area contributed by atoms with E-state index in [0.29, 0.717) is 17.2 Å². The molecule has 0 saturated heterocycles. The Morgan fingerprint density at radius 2 is 2.00 bits per heavy atom. The van der Waals surface area contributed by atoms with Crippen LogP contribution in [0, 0.1) is 0 Å². The SMILES string of the molecule is COc1ccc(C(=O)NC2CC2c2ccccc2)cc1O. The standard InChI is InChI=1S/C17H17NO3/c1-21-16-8-7-12(9-15(16)19)17(20)18-14-10-13(14)11-5-3-2-4-6-11/h2-9,13-14,19H,10H2,1H3,(H,18,20). The van der Waals surface area contributed by atoms with E-state index >= 15 is 0 Å². The maximum absolute atomic E-state index is 12.2. The van der Waals surface area contributed by atoms with E-state index in [1.165, 1.54) is 18.7 Å². The third-order valence-electron chi connectivity index (χ3n) is 3.78. The van der Waals surface area contributed by atoms with Gasteiger partial charge in [-0.3, -0.25) is 4.79 Å². The van der Waals surface area contributed by atoms with Gasteiger partial charge in [0.25, 0.3) is 5.91 Å². The lowest BCUT2D eigenvalue weighted by atomic mass is 10.1. The minimum absolute atomic E-state index is 0.0273. The maximum Gasteiger partial charge on any atom is 0.251 e. The summed E-state index contributed by atoms with van der Waals surface area (Å²) in [5.41, 5.74) is 1.69. The molecule has 0 radical (unpaired) electrons. The van der Waals surface area contributed by atoms with Gasteiger partial charge >= 0.3 is 0 Å². The summed E-state index contributed by atoms with van der Waals surface area (Å²) in [5.74, 6) is 0.555. The van der Waals surface area contributed by atoms with Crippen LogP contribution in [0.1, 0.15) is 28.3 Å². The van der Waals surface area contributed by atoms with Crippen LogP contribution in [-0.4, -0.2) is 24.2 Å².